The molecule has 0 aliphatic rings. The van der Waals surface area contributed by atoms with Gasteiger partial charge in [-0.2, -0.15) is 21.0 Å². The number of hydrogen-bond donors (Lipinski definition) is 0. The molecule has 0 spiro atoms. The highest BCUT2D eigenvalue weighted by molar-refractivity contribution is 6.31. The first-order valence-electron chi connectivity index (χ1n) is 9.33. The van der Waals surface area contributed by atoms with Gasteiger partial charge in [-0.05, 0) is 35.0 Å². The van der Waals surface area contributed by atoms with E-state index < -0.39 is 0 Å². The number of aromatic nitrogens is 2. The molecule has 0 aliphatic heterocycles. The van der Waals surface area contributed by atoms with Gasteiger partial charge in [0.15, 0.2) is 22.3 Å². The highest BCUT2D eigenvalue weighted by Gasteiger charge is 2.18. The van der Waals surface area contributed by atoms with E-state index in [1.807, 2.05) is 36.4 Å². The van der Waals surface area contributed by atoms with Gasteiger partial charge in [0.2, 0.25) is 11.1 Å². The number of fused-ring (bicyclic) bond motifs is 4. The van der Waals surface area contributed by atoms with Crippen molar-refractivity contribution in [2.45, 2.75) is 0 Å². The van der Waals surface area contributed by atoms with E-state index >= 15 is 0 Å². The summed E-state index contributed by atoms with van der Waals surface area (Å²) < 4.78 is 11.6. The van der Waals surface area contributed by atoms with Crippen LogP contribution < -0.4 is 11.1 Å². The molecule has 8 nitrogen and oxygen atoms in total. The zero-order chi connectivity index (χ0) is 22.0. The van der Waals surface area contributed by atoms with E-state index in [-0.39, 0.29) is 22.2 Å². The molecule has 8 heteroatoms. The molecule has 0 saturated heterocycles. The monoisotopic (exact) mass is 410 g/mol. The molecule has 144 valence electrons. The Morgan fingerprint density at radius 2 is 1.03 bits per heavy atom. The summed E-state index contributed by atoms with van der Waals surface area (Å²) in [5.41, 5.74) is 1.63. The van der Waals surface area contributed by atoms with Gasteiger partial charge in [-0.3, -0.25) is 0 Å². The van der Waals surface area contributed by atoms with Crippen LogP contribution in [-0.2, 0) is 0 Å². The van der Waals surface area contributed by atoms with Crippen molar-refractivity contribution in [3.05, 3.63) is 47.5 Å². The van der Waals surface area contributed by atoms with Crippen LogP contribution in [0.2, 0.25) is 0 Å². The maximum atomic E-state index is 9.17. The molecule has 0 fully saturated rings. The van der Waals surface area contributed by atoms with Crippen LogP contribution in [-0.4, -0.2) is 9.97 Å². The van der Waals surface area contributed by atoms with Gasteiger partial charge in [0.1, 0.15) is 35.3 Å². The van der Waals surface area contributed by atoms with Crippen LogP contribution in [0.5, 0.6) is 0 Å². The molecule has 0 amide bonds. The van der Waals surface area contributed by atoms with Crippen LogP contribution >= 0.6 is 0 Å². The van der Waals surface area contributed by atoms with Gasteiger partial charge in [0.25, 0.3) is 0 Å². The maximum Gasteiger partial charge on any atom is 0.249 e. The van der Waals surface area contributed by atoms with Crippen molar-refractivity contribution in [2.75, 3.05) is 0 Å². The first-order chi connectivity index (χ1) is 15.7. The third-order valence-electron chi connectivity index (χ3n) is 5.48. The SMILES string of the molecule is N#CC(C#N)=c1nc2cc3ccc4c5oc(=C(C#N)C#N)nc5cc5ccc(c2o1)c3c54. The number of hydrogen-bond acceptors (Lipinski definition) is 8. The molecule has 0 atom stereocenters. The number of nitrogens with zero attached hydrogens (tertiary/aromatic N) is 6. The first-order valence-corrected chi connectivity index (χ1v) is 9.33. The van der Waals surface area contributed by atoms with Crippen molar-refractivity contribution in [1.82, 2.24) is 9.97 Å². The Hall–Kier alpha value is -5.44. The van der Waals surface area contributed by atoms with Gasteiger partial charge in [0, 0.05) is 21.5 Å². The lowest BCUT2D eigenvalue weighted by atomic mass is 9.93. The largest absolute Gasteiger partial charge is 0.434 e. The summed E-state index contributed by atoms with van der Waals surface area (Å²) in [6.07, 6.45) is 0. The van der Waals surface area contributed by atoms with E-state index in [1.54, 1.807) is 24.3 Å². The predicted octanol–water partition coefficient (Wildman–Crippen LogP) is 3.26. The Morgan fingerprint density at radius 1 is 0.625 bits per heavy atom. The predicted molar refractivity (Wildman–Crippen MR) is 114 cm³/mol. The number of oxazole rings is 2. The third-order valence-corrected chi connectivity index (χ3v) is 5.48. The summed E-state index contributed by atoms with van der Waals surface area (Å²) in [7, 11) is 0. The minimum absolute atomic E-state index is 0.0154. The fraction of sp³-hybridized carbons (Fsp3) is 0. The summed E-state index contributed by atoms with van der Waals surface area (Å²) in [4.78, 5) is 8.66. The summed E-state index contributed by atoms with van der Waals surface area (Å²) in [6.45, 7) is 0. The molecule has 0 saturated carbocycles. The zero-order valence-corrected chi connectivity index (χ0v) is 16.0. The molecule has 2 aromatic heterocycles. The van der Waals surface area contributed by atoms with E-state index in [4.69, 9.17) is 29.9 Å². The second-order valence-corrected chi connectivity index (χ2v) is 7.11. The molecule has 0 aliphatic carbocycles. The van der Waals surface area contributed by atoms with Crippen molar-refractivity contribution in [3.8, 4) is 24.3 Å². The number of benzene rings is 4. The van der Waals surface area contributed by atoms with Gasteiger partial charge in [0.05, 0.1) is 0 Å². The smallest absolute Gasteiger partial charge is 0.249 e. The minimum atomic E-state index is -0.194. The molecule has 0 radical (unpaired) electrons. The third kappa shape index (κ3) is 2.10. The normalized spacial score (nSPS) is 11.0. The zero-order valence-electron chi connectivity index (χ0n) is 16.0. The highest BCUT2D eigenvalue weighted by Crippen LogP contribution is 2.40. The van der Waals surface area contributed by atoms with Gasteiger partial charge in [-0.25, -0.2) is 9.97 Å². The highest BCUT2D eigenvalue weighted by atomic mass is 16.3. The van der Waals surface area contributed by atoms with E-state index in [0.717, 1.165) is 32.3 Å². The van der Waals surface area contributed by atoms with Gasteiger partial charge in [-0.1, -0.05) is 12.1 Å². The molecule has 0 bridgehead atoms. The molecular formula is C24H6N6O2. The van der Waals surface area contributed by atoms with E-state index in [9.17, 15) is 0 Å². The van der Waals surface area contributed by atoms with Crippen molar-refractivity contribution in [2.24, 2.45) is 0 Å². The molecule has 0 N–H and O–H groups in total. The lowest BCUT2D eigenvalue weighted by Gasteiger charge is -2.10. The van der Waals surface area contributed by atoms with Crippen LogP contribution in [0.15, 0.2) is 45.2 Å². The Labute approximate surface area is 177 Å². The van der Waals surface area contributed by atoms with Crippen molar-refractivity contribution in [3.63, 3.8) is 0 Å². The molecule has 6 rings (SSSR count). The van der Waals surface area contributed by atoms with Gasteiger partial charge < -0.3 is 8.83 Å². The molecular weight excluding hydrogens is 404 g/mol. The Bertz CT molecular complexity index is 1900. The van der Waals surface area contributed by atoms with Gasteiger partial charge in [-0.15, -0.1) is 0 Å². The summed E-state index contributed by atoms with van der Waals surface area (Å²) in [5, 5.41) is 41.9. The van der Waals surface area contributed by atoms with Crippen LogP contribution in [0.3, 0.4) is 0 Å². The minimum Gasteiger partial charge on any atom is -0.434 e. The Morgan fingerprint density at radius 3 is 1.41 bits per heavy atom. The lowest BCUT2D eigenvalue weighted by Crippen LogP contribution is -2.03. The van der Waals surface area contributed by atoms with Crippen molar-refractivity contribution in [1.29, 1.82) is 21.0 Å². The molecule has 32 heavy (non-hydrogen) atoms. The van der Waals surface area contributed by atoms with E-state index in [1.165, 1.54) is 0 Å². The Balaban J connectivity index is 1.84. The summed E-state index contributed by atoms with van der Waals surface area (Å²) >= 11 is 0. The first kappa shape index (κ1) is 17.4. The molecule has 2 heterocycles. The maximum absolute atomic E-state index is 9.17. The van der Waals surface area contributed by atoms with E-state index in [0.29, 0.717) is 22.2 Å². The second-order valence-electron chi connectivity index (χ2n) is 7.11. The van der Waals surface area contributed by atoms with Crippen molar-refractivity contribution >= 4 is 65.7 Å². The average Bonchev–Trinajstić information content (AvgIpc) is 3.42. The Kier molecular flexibility index (Phi) is 3.28. The molecule has 0 unspecified atom stereocenters. The number of nitriles is 4. The lowest BCUT2D eigenvalue weighted by molar-refractivity contribution is 0.561. The van der Waals surface area contributed by atoms with Crippen LogP contribution in [0.1, 0.15) is 0 Å². The fourth-order valence-electron chi connectivity index (χ4n) is 4.16. The summed E-state index contributed by atoms with van der Waals surface area (Å²) in [5.74, 6) is 0. The van der Waals surface area contributed by atoms with Crippen LogP contribution in [0.4, 0.5) is 0 Å². The molecule has 6 aromatic rings. The van der Waals surface area contributed by atoms with E-state index in [2.05, 4.69) is 9.97 Å². The molecule has 4 aromatic carbocycles. The quantitative estimate of drug-likeness (QED) is 0.347. The summed E-state index contributed by atoms with van der Waals surface area (Å²) in [6, 6.07) is 18.5. The fourth-order valence-corrected chi connectivity index (χ4v) is 4.16. The number of rotatable bonds is 0. The van der Waals surface area contributed by atoms with Crippen molar-refractivity contribution < 1.29 is 8.83 Å². The standard InChI is InChI=1S/C24H6N6O2/c25-7-13(8-26)23-29-17-5-11-1-3-15-20-12(2-4-16(19(11)20)22(17)32-23)6-18-21(15)31-24(30-18)14(9-27)10-28/h1-6H. The average molecular weight is 410 g/mol. The van der Waals surface area contributed by atoms with Crippen LogP contribution in [0, 0.1) is 45.3 Å². The van der Waals surface area contributed by atoms with Gasteiger partial charge >= 0.3 is 0 Å². The van der Waals surface area contributed by atoms with Crippen LogP contribution in [0.25, 0.3) is 65.7 Å². The topological polar surface area (TPSA) is 147 Å². The second kappa shape index (κ2) is 6.03.